The molecule has 1 aliphatic heterocycles. The Labute approximate surface area is 286 Å². The molecule has 3 aromatic carbocycles. The molecule has 3 heterocycles. The number of ether oxygens (including phenoxy) is 2. The Kier molecular flexibility index (Phi) is 11.1. The van der Waals surface area contributed by atoms with E-state index in [1.807, 2.05) is 25.1 Å². The second kappa shape index (κ2) is 16.0. The van der Waals surface area contributed by atoms with Crippen LogP contribution >= 0.6 is 0 Å². The van der Waals surface area contributed by atoms with Crippen molar-refractivity contribution in [1.82, 2.24) is 39.6 Å². The van der Waals surface area contributed by atoms with Gasteiger partial charge in [-0.1, -0.05) is 24.3 Å². The van der Waals surface area contributed by atoms with E-state index in [1.165, 1.54) is 23.1 Å². The number of hydrogen-bond acceptors (Lipinski definition) is 9. The Bertz CT molecular complexity index is 1810. The van der Waals surface area contributed by atoms with Crippen LogP contribution in [0.15, 0.2) is 73.1 Å². The number of likely N-dealkylation sites (N-methyl/N-ethyl adjacent to an activating group) is 1. The van der Waals surface area contributed by atoms with Gasteiger partial charge in [-0.3, -0.25) is 4.79 Å². The van der Waals surface area contributed by atoms with Gasteiger partial charge in [0.25, 0.3) is 5.91 Å². The molecule has 1 saturated heterocycles. The number of aromatic nitrogens is 6. The SMILES string of the molecule is CCOCCn1c(N2CCCN(CCC(CN(C)C(=O)c3cc(-n4cnnn4)ccc3OC)c3ccc(F)cc3)CC2)nc2ccccc21. The fraction of sp³-hybridized carbons (Fsp3) is 0.417. The summed E-state index contributed by atoms with van der Waals surface area (Å²) in [4.78, 5) is 25.5. The summed E-state index contributed by atoms with van der Waals surface area (Å²) in [6.45, 7) is 9.01. The smallest absolute Gasteiger partial charge is 0.257 e. The average molecular weight is 670 g/mol. The molecule has 1 unspecified atom stereocenters. The molecule has 0 radical (unpaired) electrons. The number of nitrogens with zero attached hydrogens (tertiary/aromatic N) is 9. The van der Waals surface area contributed by atoms with Crippen LogP contribution in [-0.4, -0.2) is 112 Å². The van der Waals surface area contributed by atoms with Crippen LogP contribution in [0.2, 0.25) is 0 Å². The molecular formula is C36H44FN9O3. The van der Waals surface area contributed by atoms with Gasteiger partial charge in [0, 0.05) is 52.3 Å². The summed E-state index contributed by atoms with van der Waals surface area (Å²) < 4.78 is 29.0. The van der Waals surface area contributed by atoms with Crippen LogP contribution < -0.4 is 9.64 Å². The van der Waals surface area contributed by atoms with Crippen molar-refractivity contribution in [2.45, 2.75) is 32.2 Å². The Morgan fingerprint density at radius 2 is 1.86 bits per heavy atom. The molecular weight excluding hydrogens is 625 g/mol. The molecule has 0 aliphatic carbocycles. The minimum absolute atomic E-state index is 0.00892. The van der Waals surface area contributed by atoms with Gasteiger partial charge in [0.2, 0.25) is 5.95 Å². The summed E-state index contributed by atoms with van der Waals surface area (Å²) in [7, 11) is 3.34. The van der Waals surface area contributed by atoms with Gasteiger partial charge >= 0.3 is 0 Å². The van der Waals surface area contributed by atoms with Crippen molar-refractivity contribution in [3.63, 3.8) is 0 Å². The summed E-state index contributed by atoms with van der Waals surface area (Å²) in [5, 5.41) is 11.4. The molecule has 5 aromatic rings. The number of rotatable bonds is 14. The van der Waals surface area contributed by atoms with E-state index in [4.69, 9.17) is 14.5 Å². The number of para-hydroxylation sites is 2. The van der Waals surface area contributed by atoms with Crippen molar-refractivity contribution in [2.75, 3.05) is 71.5 Å². The van der Waals surface area contributed by atoms with Crippen molar-refractivity contribution in [1.29, 1.82) is 0 Å². The van der Waals surface area contributed by atoms with Gasteiger partial charge in [-0.25, -0.2) is 14.1 Å². The zero-order valence-electron chi connectivity index (χ0n) is 28.4. The van der Waals surface area contributed by atoms with Crippen LogP contribution in [0.5, 0.6) is 5.75 Å². The predicted molar refractivity (Wildman–Crippen MR) is 186 cm³/mol. The molecule has 0 bridgehead atoms. The number of fused-ring (bicyclic) bond motifs is 1. The highest BCUT2D eigenvalue weighted by atomic mass is 19.1. The number of carbonyl (C=O) groups excluding carboxylic acids is 1. The highest BCUT2D eigenvalue weighted by molar-refractivity contribution is 5.97. The molecule has 6 rings (SSSR count). The number of methoxy groups -OCH3 is 1. The largest absolute Gasteiger partial charge is 0.496 e. The number of imidazole rings is 1. The fourth-order valence-electron chi connectivity index (χ4n) is 6.56. The summed E-state index contributed by atoms with van der Waals surface area (Å²) in [5.74, 6) is 0.983. The van der Waals surface area contributed by atoms with Crippen molar-refractivity contribution < 1.29 is 18.7 Å². The Hall–Kier alpha value is -4.88. The second-order valence-corrected chi connectivity index (χ2v) is 12.3. The van der Waals surface area contributed by atoms with E-state index in [2.05, 4.69) is 48.1 Å². The molecule has 0 saturated carbocycles. The third-order valence-corrected chi connectivity index (χ3v) is 9.17. The van der Waals surface area contributed by atoms with Crippen LogP contribution in [0.25, 0.3) is 16.7 Å². The van der Waals surface area contributed by atoms with E-state index in [9.17, 15) is 9.18 Å². The second-order valence-electron chi connectivity index (χ2n) is 12.3. The van der Waals surface area contributed by atoms with Crippen molar-refractivity contribution in [3.8, 4) is 11.4 Å². The minimum atomic E-state index is -0.282. The van der Waals surface area contributed by atoms with Crippen LogP contribution in [0.4, 0.5) is 10.3 Å². The Balaban J connectivity index is 1.14. The number of hydrogen-bond donors (Lipinski definition) is 0. The summed E-state index contributed by atoms with van der Waals surface area (Å²) in [5.41, 5.74) is 4.18. The van der Waals surface area contributed by atoms with Gasteiger partial charge in [-0.05, 0) is 91.3 Å². The molecule has 12 nitrogen and oxygen atoms in total. The predicted octanol–water partition coefficient (Wildman–Crippen LogP) is 4.65. The maximum absolute atomic E-state index is 14.0. The number of tetrazole rings is 1. The van der Waals surface area contributed by atoms with Crippen molar-refractivity contribution in [2.24, 2.45) is 0 Å². The zero-order valence-corrected chi connectivity index (χ0v) is 28.4. The number of anilines is 1. The van der Waals surface area contributed by atoms with Gasteiger partial charge < -0.3 is 28.7 Å². The van der Waals surface area contributed by atoms with E-state index >= 15 is 0 Å². The topological polar surface area (TPSA) is 107 Å². The lowest BCUT2D eigenvalue weighted by Gasteiger charge is -2.28. The lowest BCUT2D eigenvalue weighted by atomic mass is 9.94. The zero-order chi connectivity index (χ0) is 34.2. The molecule has 1 aliphatic rings. The van der Waals surface area contributed by atoms with E-state index in [-0.39, 0.29) is 17.6 Å². The molecule has 2 aromatic heterocycles. The van der Waals surface area contributed by atoms with E-state index < -0.39 is 0 Å². The fourth-order valence-corrected chi connectivity index (χ4v) is 6.56. The summed E-state index contributed by atoms with van der Waals surface area (Å²) >= 11 is 0. The highest BCUT2D eigenvalue weighted by Crippen LogP contribution is 2.28. The number of amides is 1. The van der Waals surface area contributed by atoms with Gasteiger partial charge in [0.05, 0.1) is 36.0 Å². The summed E-state index contributed by atoms with van der Waals surface area (Å²) in [6, 6.07) is 20.2. The van der Waals surface area contributed by atoms with Crippen LogP contribution in [0.3, 0.4) is 0 Å². The van der Waals surface area contributed by atoms with Crippen molar-refractivity contribution >= 4 is 22.9 Å². The first-order chi connectivity index (χ1) is 23.9. The number of benzene rings is 3. The molecule has 1 fully saturated rings. The maximum Gasteiger partial charge on any atom is 0.257 e. The van der Waals surface area contributed by atoms with Gasteiger partial charge in [0.1, 0.15) is 17.9 Å². The first-order valence-corrected chi connectivity index (χ1v) is 16.9. The van der Waals surface area contributed by atoms with Gasteiger partial charge in [0.15, 0.2) is 0 Å². The molecule has 49 heavy (non-hydrogen) atoms. The standard InChI is InChI=1S/C36H44FN9O3/c1-4-49-23-22-45-33-9-6-5-8-32(33)39-36(45)44-18-7-17-43(20-21-44)19-16-28(27-10-12-29(37)13-11-27)25-42(2)35(47)31-24-30(14-15-34(31)48-3)46-26-38-40-41-46/h5-6,8-15,24,26,28H,4,7,16-23,25H2,1-3H3. The highest BCUT2D eigenvalue weighted by Gasteiger charge is 2.25. The number of halogens is 1. The van der Waals surface area contributed by atoms with Crippen molar-refractivity contribution in [3.05, 3.63) is 90.0 Å². The Morgan fingerprint density at radius 3 is 2.63 bits per heavy atom. The quantitative estimate of drug-likeness (QED) is 0.156. The lowest BCUT2D eigenvalue weighted by Crippen LogP contribution is -2.35. The third-order valence-electron chi connectivity index (χ3n) is 9.17. The monoisotopic (exact) mass is 669 g/mol. The Morgan fingerprint density at radius 1 is 1.02 bits per heavy atom. The maximum atomic E-state index is 14.0. The third kappa shape index (κ3) is 8.06. The van der Waals surface area contributed by atoms with Crippen LogP contribution in [0, 0.1) is 5.82 Å². The molecule has 0 N–H and O–H groups in total. The van der Waals surface area contributed by atoms with E-state index in [0.717, 1.165) is 74.7 Å². The number of carbonyl (C=O) groups is 1. The molecule has 1 atom stereocenters. The van der Waals surface area contributed by atoms with Gasteiger partial charge in [-0.2, -0.15) is 0 Å². The lowest BCUT2D eigenvalue weighted by molar-refractivity contribution is 0.0779. The van der Waals surface area contributed by atoms with Crippen LogP contribution in [0.1, 0.15) is 41.6 Å². The van der Waals surface area contributed by atoms with E-state index in [0.29, 0.717) is 36.8 Å². The normalized spacial score (nSPS) is 14.6. The molecule has 1 amide bonds. The molecule has 13 heteroatoms. The first-order valence-electron chi connectivity index (χ1n) is 16.9. The van der Waals surface area contributed by atoms with Gasteiger partial charge in [-0.15, -0.1) is 5.10 Å². The molecule has 0 spiro atoms. The van der Waals surface area contributed by atoms with Crippen LogP contribution in [-0.2, 0) is 11.3 Å². The average Bonchev–Trinajstić information content (AvgIpc) is 3.73. The molecule has 258 valence electrons. The first kappa shape index (κ1) is 34.0. The van der Waals surface area contributed by atoms with E-state index in [1.54, 1.807) is 37.3 Å². The minimum Gasteiger partial charge on any atom is -0.496 e. The summed E-state index contributed by atoms with van der Waals surface area (Å²) in [6.07, 6.45) is 3.29.